The first-order chi connectivity index (χ1) is 11.6. The molecular weight excluding hydrogens is 290 g/mol. The highest BCUT2D eigenvalue weighted by Gasteiger charge is 2.22. The number of hydrogen-bond acceptors (Lipinski definition) is 1. The second-order valence-corrected chi connectivity index (χ2v) is 8.80. The van der Waals surface area contributed by atoms with Crippen LogP contribution in [0.4, 0.5) is 0 Å². The molecule has 1 heteroatoms. The molecule has 2 unspecified atom stereocenters. The van der Waals surface area contributed by atoms with Gasteiger partial charge < -0.3 is 5.32 Å². The first kappa shape index (κ1) is 19.6. The Hall–Kier alpha value is -0.720. The molecule has 0 aromatic heterocycles. The molecule has 0 heterocycles. The molecule has 0 aromatic rings. The molecule has 2 atom stereocenters. The van der Waals surface area contributed by atoms with Gasteiger partial charge in [-0.05, 0) is 37.5 Å². The van der Waals surface area contributed by atoms with Crippen molar-refractivity contribution in [3.05, 3.63) is 24.4 Å². The SMILES string of the molecule is C=C(NC(CC1CCCCCC1)C(=C)C)C(C)CC1CCCCC1. The summed E-state index contributed by atoms with van der Waals surface area (Å²) >= 11 is 0. The van der Waals surface area contributed by atoms with Crippen LogP contribution in [0.15, 0.2) is 24.4 Å². The van der Waals surface area contributed by atoms with Crippen LogP contribution in [0.2, 0.25) is 0 Å². The summed E-state index contributed by atoms with van der Waals surface area (Å²) in [5.74, 6) is 2.39. The molecule has 1 N–H and O–H groups in total. The standard InChI is InChI=1S/C23H41N/c1-18(2)23(17-22-14-8-5-6-9-15-22)24-20(4)19(3)16-21-12-10-7-11-13-21/h19,21-24H,1,4-17H2,2-3H3. The zero-order chi connectivity index (χ0) is 17.4. The summed E-state index contributed by atoms with van der Waals surface area (Å²) in [6.07, 6.45) is 18.3. The van der Waals surface area contributed by atoms with E-state index in [1.807, 2.05) is 0 Å². The summed E-state index contributed by atoms with van der Waals surface area (Å²) in [5.41, 5.74) is 2.53. The van der Waals surface area contributed by atoms with E-state index in [9.17, 15) is 0 Å². The van der Waals surface area contributed by atoms with Crippen LogP contribution in [0.25, 0.3) is 0 Å². The summed E-state index contributed by atoms with van der Waals surface area (Å²) in [5, 5.41) is 3.78. The van der Waals surface area contributed by atoms with Crippen molar-refractivity contribution in [3.8, 4) is 0 Å². The molecule has 0 bridgehead atoms. The highest BCUT2D eigenvalue weighted by atomic mass is 14.9. The Balaban J connectivity index is 1.81. The van der Waals surface area contributed by atoms with Crippen molar-refractivity contribution in [2.24, 2.45) is 17.8 Å². The third-order valence-electron chi connectivity index (χ3n) is 6.50. The average Bonchev–Trinajstić information content (AvgIpc) is 2.83. The fourth-order valence-corrected chi connectivity index (χ4v) is 4.75. The van der Waals surface area contributed by atoms with Gasteiger partial charge in [0.2, 0.25) is 0 Å². The van der Waals surface area contributed by atoms with Gasteiger partial charge in [0.05, 0.1) is 0 Å². The van der Waals surface area contributed by atoms with Gasteiger partial charge in [-0.3, -0.25) is 0 Å². The van der Waals surface area contributed by atoms with Crippen LogP contribution in [-0.2, 0) is 0 Å². The molecule has 2 saturated carbocycles. The first-order valence-corrected chi connectivity index (χ1v) is 10.7. The Kier molecular flexibility index (Phi) is 8.42. The van der Waals surface area contributed by atoms with E-state index in [-0.39, 0.29) is 0 Å². The highest BCUT2D eigenvalue weighted by molar-refractivity contribution is 5.09. The summed E-state index contributed by atoms with van der Waals surface area (Å²) in [6, 6.07) is 0.425. The van der Waals surface area contributed by atoms with E-state index >= 15 is 0 Å². The lowest BCUT2D eigenvalue weighted by molar-refractivity contribution is 0.302. The Morgan fingerprint density at radius 3 is 1.79 bits per heavy atom. The quantitative estimate of drug-likeness (QED) is 0.373. The molecule has 0 amide bonds. The molecular formula is C23H41N. The number of nitrogens with one attached hydrogen (secondary N) is 1. The molecule has 2 aliphatic carbocycles. The third kappa shape index (κ3) is 6.65. The minimum absolute atomic E-state index is 0.425. The van der Waals surface area contributed by atoms with Crippen molar-refractivity contribution < 1.29 is 0 Å². The highest BCUT2D eigenvalue weighted by Crippen LogP contribution is 2.32. The topological polar surface area (TPSA) is 12.0 Å². The van der Waals surface area contributed by atoms with E-state index in [1.165, 1.54) is 94.7 Å². The van der Waals surface area contributed by atoms with Gasteiger partial charge in [-0.25, -0.2) is 0 Å². The van der Waals surface area contributed by atoms with E-state index in [4.69, 9.17) is 0 Å². The van der Waals surface area contributed by atoms with Gasteiger partial charge in [-0.1, -0.05) is 96.3 Å². The predicted octanol–water partition coefficient (Wildman–Crippen LogP) is 7.00. The molecule has 0 spiro atoms. The average molecular weight is 332 g/mol. The summed E-state index contributed by atoms with van der Waals surface area (Å²) in [7, 11) is 0. The summed E-state index contributed by atoms with van der Waals surface area (Å²) in [4.78, 5) is 0. The van der Waals surface area contributed by atoms with Crippen LogP contribution in [0.5, 0.6) is 0 Å². The van der Waals surface area contributed by atoms with Gasteiger partial charge in [0.15, 0.2) is 0 Å². The Labute approximate surface area is 151 Å². The van der Waals surface area contributed by atoms with Crippen molar-refractivity contribution in [1.82, 2.24) is 5.32 Å². The molecule has 2 aliphatic rings. The normalized spacial score (nSPS) is 23.2. The zero-order valence-electron chi connectivity index (χ0n) is 16.4. The van der Waals surface area contributed by atoms with E-state index in [0.717, 1.165) is 11.8 Å². The number of hydrogen-bond donors (Lipinski definition) is 1. The molecule has 24 heavy (non-hydrogen) atoms. The molecule has 138 valence electrons. The second-order valence-electron chi connectivity index (χ2n) is 8.80. The maximum absolute atomic E-state index is 4.40. The largest absolute Gasteiger partial charge is 0.382 e. The van der Waals surface area contributed by atoms with Gasteiger partial charge in [0, 0.05) is 11.7 Å². The lowest BCUT2D eigenvalue weighted by Gasteiger charge is -2.30. The van der Waals surface area contributed by atoms with Crippen LogP contribution in [0.1, 0.15) is 97.3 Å². The minimum atomic E-state index is 0.425. The van der Waals surface area contributed by atoms with Gasteiger partial charge in [0.1, 0.15) is 0 Å². The van der Waals surface area contributed by atoms with Crippen molar-refractivity contribution in [2.45, 2.75) is 103 Å². The smallest absolute Gasteiger partial charge is 0.0467 e. The van der Waals surface area contributed by atoms with Gasteiger partial charge in [0.25, 0.3) is 0 Å². The Morgan fingerprint density at radius 1 is 0.833 bits per heavy atom. The molecule has 1 nitrogen and oxygen atoms in total. The Morgan fingerprint density at radius 2 is 1.29 bits per heavy atom. The monoisotopic (exact) mass is 331 g/mol. The first-order valence-electron chi connectivity index (χ1n) is 10.7. The van der Waals surface area contributed by atoms with Gasteiger partial charge in [-0.15, -0.1) is 0 Å². The third-order valence-corrected chi connectivity index (χ3v) is 6.50. The van der Waals surface area contributed by atoms with Crippen LogP contribution in [-0.4, -0.2) is 6.04 Å². The van der Waals surface area contributed by atoms with Crippen molar-refractivity contribution in [2.75, 3.05) is 0 Å². The van der Waals surface area contributed by atoms with Gasteiger partial charge >= 0.3 is 0 Å². The van der Waals surface area contributed by atoms with Crippen LogP contribution >= 0.6 is 0 Å². The summed E-state index contributed by atoms with van der Waals surface area (Å²) in [6.45, 7) is 13.2. The van der Waals surface area contributed by atoms with Crippen LogP contribution < -0.4 is 5.32 Å². The minimum Gasteiger partial charge on any atom is -0.382 e. The van der Waals surface area contributed by atoms with E-state index in [2.05, 4.69) is 32.3 Å². The number of allylic oxidation sites excluding steroid dienone is 1. The summed E-state index contributed by atoms with van der Waals surface area (Å²) < 4.78 is 0. The lowest BCUT2D eigenvalue weighted by Crippen LogP contribution is -2.33. The molecule has 0 aliphatic heterocycles. The van der Waals surface area contributed by atoms with Crippen LogP contribution in [0, 0.1) is 17.8 Å². The second kappa shape index (κ2) is 10.3. The maximum atomic E-state index is 4.40. The fraction of sp³-hybridized carbons (Fsp3) is 0.826. The fourth-order valence-electron chi connectivity index (χ4n) is 4.75. The molecule has 0 radical (unpaired) electrons. The number of rotatable bonds is 8. The molecule has 0 saturated heterocycles. The molecule has 2 rings (SSSR count). The van der Waals surface area contributed by atoms with Crippen molar-refractivity contribution in [1.29, 1.82) is 0 Å². The lowest BCUT2D eigenvalue weighted by atomic mass is 9.82. The molecule has 2 fully saturated rings. The van der Waals surface area contributed by atoms with Crippen molar-refractivity contribution in [3.63, 3.8) is 0 Å². The Bertz CT molecular complexity index is 383. The van der Waals surface area contributed by atoms with E-state index in [0.29, 0.717) is 12.0 Å². The van der Waals surface area contributed by atoms with E-state index in [1.54, 1.807) is 0 Å². The van der Waals surface area contributed by atoms with Crippen molar-refractivity contribution >= 4 is 0 Å². The predicted molar refractivity (Wildman–Crippen MR) is 107 cm³/mol. The zero-order valence-corrected chi connectivity index (χ0v) is 16.4. The molecule has 0 aromatic carbocycles. The maximum Gasteiger partial charge on any atom is 0.0467 e. The van der Waals surface area contributed by atoms with Gasteiger partial charge in [-0.2, -0.15) is 0 Å². The van der Waals surface area contributed by atoms with Crippen LogP contribution in [0.3, 0.4) is 0 Å². The van der Waals surface area contributed by atoms with E-state index < -0.39 is 0 Å².